The molecule has 0 spiro atoms. The van der Waals surface area contributed by atoms with Crippen LogP contribution in [-0.4, -0.2) is 25.1 Å². The second kappa shape index (κ2) is 7.16. The average molecular weight is 404 g/mol. The summed E-state index contributed by atoms with van der Waals surface area (Å²) in [6, 6.07) is 5.56. The van der Waals surface area contributed by atoms with E-state index in [0.717, 1.165) is 29.9 Å². The molecule has 1 amide bonds. The van der Waals surface area contributed by atoms with Crippen LogP contribution in [0.4, 0.5) is 0 Å². The molecule has 0 heterocycles. The molecular formula is C23H33NO3S. The Kier molecular flexibility index (Phi) is 5.09. The molecule has 3 aliphatic carbocycles. The summed E-state index contributed by atoms with van der Waals surface area (Å²) in [5.74, 6) is 1.76. The van der Waals surface area contributed by atoms with Gasteiger partial charge in [0.15, 0.2) is 14.6 Å². The van der Waals surface area contributed by atoms with Gasteiger partial charge in [0.05, 0.1) is 4.90 Å². The van der Waals surface area contributed by atoms with E-state index in [1.54, 1.807) is 6.07 Å². The standard InChI is InChI=1S/C23H33NO3S/c1-15-6-7-16(2)21(12-15)28(26,27)23(10-4-5-11-23)22(25)24-17(3)20-14-18-8-9-19(20)13-18/h6-7,12,17-20H,4-5,8-11,13-14H2,1-3H3,(H,24,25). The second-order valence-electron chi connectivity index (χ2n) is 9.57. The first-order chi connectivity index (χ1) is 13.2. The number of fused-ring (bicyclic) bond motifs is 2. The molecule has 3 saturated carbocycles. The van der Waals surface area contributed by atoms with E-state index >= 15 is 0 Å². The topological polar surface area (TPSA) is 63.2 Å². The van der Waals surface area contributed by atoms with Crippen molar-refractivity contribution in [3.8, 4) is 0 Å². The van der Waals surface area contributed by atoms with Gasteiger partial charge in [-0.05, 0) is 87.8 Å². The van der Waals surface area contributed by atoms with Crippen molar-refractivity contribution < 1.29 is 13.2 Å². The second-order valence-corrected chi connectivity index (χ2v) is 11.8. The number of nitrogens with one attached hydrogen (secondary N) is 1. The fourth-order valence-electron chi connectivity index (χ4n) is 6.12. The largest absolute Gasteiger partial charge is 0.352 e. The zero-order chi connectivity index (χ0) is 20.1. The average Bonchev–Trinajstić information content (AvgIpc) is 3.40. The van der Waals surface area contributed by atoms with Crippen LogP contribution in [0.25, 0.3) is 0 Å². The van der Waals surface area contributed by atoms with E-state index in [1.807, 2.05) is 26.0 Å². The van der Waals surface area contributed by atoms with Gasteiger partial charge >= 0.3 is 0 Å². The van der Waals surface area contributed by atoms with E-state index < -0.39 is 14.6 Å². The van der Waals surface area contributed by atoms with Gasteiger partial charge in [-0.25, -0.2) is 8.42 Å². The Labute approximate surface area is 169 Å². The first-order valence-electron chi connectivity index (χ1n) is 10.9. The van der Waals surface area contributed by atoms with Crippen molar-refractivity contribution in [2.45, 2.75) is 87.8 Å². The SMILES string of the molecule is Cc1ccc(C)c(S(=O)(=O)C2(C(=O)NC(C)C3CC4CCC3C4)CCCC2)c1. The maximum absolute atomic E-state index is 13.7. The number of hydrogen-bond acceptors (Lipinski definition) is 3. The molecule has 0 aliphatic heterocycles. The molecule has 4 unspecified atom stereocenters. The van der Waals surface area contributed by atoms with Gasteiger partial charge in [-0.2, -0.15) is 0 Å². The van der Waals surface area contributed by atoms with Crippen molar-refractivity contribution in [2.24, 2.45) is 17.8 Å². The highest BCUT2D eigenvalue weighted by molar-refractivity contribution is 7.93. The van der Waals surface area contributed by atoms with Crippen LogP contribution >= 0.6 is 0 Å². The van der Waals surface area contributed by atoms with Crippen LogP contribution in [0, 0.1) is 31.6 Å². The summed E-state index contributed by atoms with van der Waals surface area (Å²) in [5, 5.41) is 3.18. The maximum atomic E-state index is 13.7. The Balaban J connectivity index is 1.62. The van der Waals surface area contributed by atoms with E-state index in [2.05, 4.69) is 12.2 Å². The molecule has 28 heavy (non-hydrogen) atoms. The number of carbonyl (C=O) groups excluding carboxylic acids is 1. The first kappa shape index (κ1) is 19.9. The van der Waals surface area contributed by atoms with E-state index in [-0.39, 0.29) is 11.9 Å². The van der Waals surface area contributed by atoms with Gasteiger partial charge < -0.3 is 5.32 Å². The highest BCUT2D eigenvalue weighted by Crippen LogP contribution is 2.50. The third-order valence-corrected chi connectivity index (χ3v) is 10.4. The minimum atomic E-state index is -3.74. The first-order valence-corrected chi connectivity index (χ1v) is 12.4. The molecule has 1 aromatic carbocycles. The normalized spacial score (nSPS) is 29.8. The number of sulfone groups is 1. The number of aryl methyl sites for hydroxylation is 2. The number of hydrogen-bond donors (Lipinski definition) is 1. The Morgan fingerprint density at radius 1 is 1.14 bits per heavy atom. The third kappa shape index (κ3) is 3.10. The predicted octanol–water partition coefficient (Wildman–Crippen LogP) is 4.33. The van der Waals surface area contributed by atoms with Crippen molar-refractivity contribution in [1.82, 2.24) is 5.32 Å². The van der Waals surface area contributed by atoms with Crippen LogP contribution in [0.5, 0.6) is 0 Å². The molecule has 3 aliphatic rings. The number of rotatable bonds is 5. The molecule has 2 bridgehead atoms. The molecule has 154 valence electrons. The number of benzene rings is 1. The van der Waals surface area contributed by atoms with Gasteiger partial charge in [-0.3, -0.25) is 4.79 Å². The Hall–Kier alpha value is -1.36. The number of carbonyl (C=O) groups is 1. The fourth-order valence-corrected chi connectivity index (χ4v) is 8.51. The van der Waals surface area contributed by atoms with Crippen LogP contribution in [-0.2, 0) is 14.6 Å². The van der Waals surface area contributed by atoms with Crippen LogP contribution in [0.15, 0.2) is 23.1 Å². The predicted molar refractivity (Wildman–Crippen MR) is 111 cm³/mol. The fraction of sp³-hybridized carbons (Fsp3) is 0.696. The van der Waals surface area contributed by atoms with E-state index in [1.165, 1.54) is 25.7 Å². The molecule has 1 N–H and O–H groups in total. The molecule has 4 nitrogen and oxygen atoms in total. The third-order valence-electron chi connectivity index (χ3n) is 7.77. The smallest absolute Gasteiger partial charge is 0.242 e. The Morgan fingerprint density at radius 2 is 1.86 bits per heavy atom. The Bertz CT molecular complexity index is 870. The molecule has 5 heteroatoms. The van der Waals surface area contributed by atoms with Crippen molar-refractivity contribution in [2.75, 3.05) is 0 Å². The molecule has 4 rings (SSSR count). The highest BCUT2D eigenvalue weighted by atomic mass is 32.2. The summed E-state index contributed by atoms with van der Waals surface area (Å²) in [5.41, 5.74) is 1.64. The van der Waals surface area contributed by atoms with Gasteiger partial charge in [0.25, 0.3) is 0 Å². The number of amides is 1. The van der Waals surface area contributed by atoms with Crippen LogP contribution < -0.4 is 5.32 Å². The summed E-state index contributed by atoms with van der Waals surface area (Å²) in [7, 11) is -3.74. The molecule has 0 aromatic heterocycles. The van der Waals surface area contributed by atoms with E-state index in [4.69, 9.17) is 0 Å². The van der Waals surface area contributed by atoms with Crippen molar-refractivity contribution in [3.63, 3.8) is 0 Å². The lowest BCUT2D eigenvalue weighted by Gasteiger charge is -2.33. The summed E-state index contributed by atoms with van der Waals surface area (Å²) in [6.07, 6.45) is 7.50. The van der Waals surface area contributed by atoms with Gasteiger partial charge in [-0.1, -0.05) is 31.4 Å². The van der Waals surface area contributed by atoms with Crippen LogP contribution in [0.2, 0.25) is 0 Å². The maximum Gasteiger partial charge on any atom is 0.242 e. The lowest BCUT2D eigenvalue weighted by atomic mass is 9.83. The minimum Gasteiger partial charge on any atom is -0.352 e. The van der Waals surface area contributed by atoms with Gasteiger partial charge in [0.2, 0.25) is 5.91 Å². The van der Waals surface area contributed by atoms with Gasteiger partial charge in [0.1, 0.15) is 0 Å². The zero-order valence-corrected chi connectivity index (χ0v) is 18.1. The molecule has 1 aromatic rings. The molecular weight excluding hydrogens is 370 g/mol. The van der Waals surface area contributed by atoms with Crippen molar-refractivity contribution in [3.05, 3.63) is 29.3 Å². The van der Waals surface area contributed by atoms with Crippen LogP contribution in [0.1, 0.15) is 69.4 Å². The summed E-state index contributed by atoms with van der Waals surface area (Å²) < 4.78 is 26.2. The highest BCUT2D eigenvalue weighted by Gasteiger charge is 2.54. The molecule has 0 radical (unpaired) electrons. The van der Waals surface area contributed by atoms with Crippen molar-refractivity contribution >= 4 is 15.7 Å². The summed E-state index contributed by atoms with van der Waals surface area (Å²) in [4.78, 5) is 13.8. The molecule has 4 atom stereocenters. The molecule has 0 saturated heterocycles. The minimum absolute atomic E-state index is 0.0501. The van der Waals surface area contributed by atoms with E-state index in [9.17, 15) is 13.2 Å². The summed E-state index contributed by atoms with van der Waals surface area (Å²) >= 11 is 0. The van der Waals surface area contributed by atoms with Crippen molar-refractivity contribution in [1.29, 1.82) is 0 Å². The quantitative estimate of drug-likeness (QED) is 0.796. The summed E-state index contributed by atoms with van der Waals surface area (Å²) in [6.45, 7) is 5.80. The van der Waals surface area contributed by atoms with Gasteiger partial charge in [-0.15, -0.1) is 0 Å². The Morgan fingerprint density at radius 3 is 2.46 bits per heavy atom. The lowest BCUT2D eigenvalue weighted by Crippen LogP contribution is -2.54. The zero-order valence-electron chi connectivity index (χ0n) is 17.3. The van der Waals surface area contributed by atoms with Gasteiger partial charge in [0, 0.05) is 6.04 Å². The van der Waals surface area contributed by atoms with Crippen LogP contribution in [0.3, 0.4) is 0 Å². The van der Waals surface area contributed by atoms with E-state index in [0.29, 0.717) is 29.6 Å². The monoisotopic (exact) mass is 403 g/mol. The molecule has 3 fully saturated rings. The lowest BCUT2D eigenvalue weighted by molar-refractivity contribution is -0.124.